The number of benzene rings is 2. The van der Waals surface area contributed by atoms with Crippen molar-refractivity contribution in [1.82, 2.24) is 15.3 Å². The van der Waals surface area contributed by atoms with Crippen LogP contribution in [0, 0.1) is 0 Å². The van der Waals surface area contributed by atoms with Crippen molar-refractivity contribution in [3.63, 3.8) is 0 Å². The van der Waals surface area contributed by atoms with Crippen molar-refractivity contribution in [3.8, 4) is 11.5 Å². The third kappa shape index (κ3) is 15.2. The number of hydrogen-bond donors (Lipinski definition) is 3. The van der Waals surface area contributed by atoms with E-state index in [2.05, 4.69) is 12.3 Å². The Hall–Kier alpha value is -2.39. The Balaban J connectivity index is 2.09. The quantitative estimate of drug-likeness (QED) is 0.0386. The first-order valence-corrected chi connectivity index (χ1v) is 17.8. The second-order valence-corrected chi connectivity index (χ2v) is 13.5. The molecule has 0 fully saturated rings. The summed E-state index contributed by atoms with van der Waals surface area (Å²) in [6.07, 6.45) is 11.1. The number of nitrogens with zero attached hydrogens (tertiary/aromatic N) is 2. The number of rotatable bonds is 22. The van der Waals surface area contributed by atoms with Crippen LogP contribution in [0.3, 0.4) is 0 Å². The van der Waals surface area contributed by atoms with E-state index in [4.69, 9.17) is 9.47 Å². The molecular weight excluding hydrogens is 589 g/mol. The molecule has 0 atom stereocenters. The lowest BCUT2D eigenvalue weighted by Gasteiger charge is -2.46. The van der Waals surface area contributed by atoms with Gasteiger partial charge in [0.25, 0.3) is 8.53 Å². The fourth-order valence-electron chi connectivity index (χ4n) is 5.00. The predicted molar refractivity (Wildman–Crippen MR) is 181 cm³/mol. The molecule has 2 aromatic rings. The first-order valence-electron chi connectivity index (χ1n) is 16.6. The molecule has 0 saturated heterocycles. The van der Waals surface area contributed by atoms with Crippen LogP contribution in [0.2, 0.25) is 0 Å². The summed E-state index contributed by atoms with van der Waals surface area (Å²) in [5, 5.41) is 1.92. The highest BCUT2D eigenvalue weighted by Gasteiger charge is 2.36. The van der Waals surface area contributed by atoms with Crippen LogP contribution < -0.4 is 14.9 Å². The molecule has 0 unspecified atom stereocenters. The molecule has 2 rings (SSSR count). The summed E-state index contributed by atoms with van der Waals surface area (Å²) >= 11 is 0. The summed E-state index contributed by atoms with van der Waals surface area (Å²) in [6, 6.07) is 14.8. The number of unbranched alkanes of at least 4 members (excludes halogenated alkanes) is 7. The molecule has 0 radical (unpaired) electrons. The van der Waals surface area contributed by atoms with Gasteiger partial charge in [-0.1, -0.05) is 83.1 Å². The van der Waals surface area contributed by atoms with Crippen molar-refractivity contribution >= 4 is 20.5 Å². The second-order valence-electron chi connectivity index (χ2n) is 12.6. The van der Waals surface area contributed by atoms with Crippen molar-refractivity contribution in [3.05, 3.63) is 59.7 Å². The second kappa shape index (κ2) is 20.7. The highest BCUT2D eigenvalue weighted by atomic mass is 31.2. The summed E-state index contributed by atoms with van der Waals surface area (Å²) in [7, 11) is -2.50. The lowest BCUT2D eigenvalue weighted by atomic mass is 9.93. The highest BCUT2D eigenvalue weighted by molar-refractivity contribution is 7.42. The Kier molecular flexibility index (Phi) is 17.8. The van der Waals surface area contributed by atoms with E-state index in [0.29, 0.717) is 37.3 Å². The van der Waals surface area contributed by atoms with E-state index in [-0.39, 0.29) is 18.0 Å². The van der Waals surface area contributed by atoms with Crippen LogP contribution in [-0.2, 0) is 22.6 Å². The Labute approximate surface area is 272 Å². The molecule has 0 spiro atoms. The molecule has 0 aromatic heterocycles. The Morgan fingerprint density at radius 3 is 1.71 bits per heavy atom. The topological polar surface area (TPSA) is 112 Å². The molecular formula is C35H56N3O6P. The SMILES string of the molecule is CCCCCCCCCC(=O)Oc1ccc(CN(N(NC(C)C)P(O)O)C(C)(C)Cc2ccc(OC(=O)CCCC)cc2)cc1. The maximum absolute atomic E-state index is 12.4. The minimum Gasteiger partial charge on any atom is -0.427 e. The number of hydrogen-bond acceptors (Lipinski definition) is 9. The average molecular weight is 646 g/mol. The molecule has 45 heavy (non-hydrogen) atoms. The van der Waals surface area contributed by atoms with Gasteiger partial charge < -0.3 is 19.3 Å². The predicted octanol–water partition coefficient (Wildman–Crippen LogP) is 7.99. The summed E-state index contributed by atoms with van der Waals surface area (Å²) in [5.74, 6) is 0.547. The summed E-state index contributed by atoms with van der Waals surface area (Å²) < 4.78 is 11.0. The molecule has 0 bridgehead atoms. The van der Waals surface area contributed by atoms with E-state index < -0.39 is 14.1 Å². The van der Waals surface area contributed by atoms with Gasteiger partial charge in [-0.25, -0.2) is 10.4 Å². The fraction of sp³-hybridized carbons (Fsp3) is 0.600. The molecule has 252 valence electrons. The summed E-state index contributed by atoms with van der Waals surface area (Å²) in [5.41, 5.74) is 4.52. The zero-order valence-corrected chi connectivity index (χ0v) is 29.2. The number of carbonyl (C=O) groups is 2. The molecule has 0 aliphatic rings. The minimum absolute atomic E-state index is 0.0487. The smallest absolute Gasteiger partial charge is 0.311 e. The number of esters is 2. The van der Waals surface area contributed by atoms with E-state index in [0.717, 1.165) is 43.2 Å². The molecule has 0 aliphatic heterocycles. The third-order valence-electron chi connectivity index (χ3n) is 7.47. The molecule has 10 heteroatoms. The van der Waals surface area contributed by atoms with Crippen LogP contribution in [0.25, 0.3) is 0 Å². The van der Waals surface area contributed by atoms with Gasteiger partial charge in [0.2, 0.25) is 0 Å². The van der Waals surface area contributed by atoms with Gasteiger partial charge in [0, 0.05) is 31.0 Å². The first kappa shape index (κ1) is 38.8. The average Bonchev–Trinajstić information content (AvgIpc) is 2.98. The van der Waals surface area contributed by atoms with E-state index in [1.165, 1.54) is 30.6 Å². The Morgan fingerprint density at radius 2 is 1.22 bits per heavy atom. The van der Waals surface area contributed by atoms with Gasteiger partial charge in [-0.2, -0.15) is 0 Å². The monoisotopic (exact) mass is 645 g/mol. The number of nitrogens with one attached hydrogen (secondary N) is 1. The van der Waals surface area contributed by atoms with E-state index in [1.807, 2.05) is 63.9 Å². The van der Waals surface area contributed by atoms with Crippen molar-refractivity contribution in [2.75, 3.05) is 0 Å². The maximum atomic E-state index is 12.4. The van der Waals surface area contributed by atoms with Crippen molar-refractivity contribution in [2.45, 2.75) is 137 Å². The highest BCUT2D eigenvalue weighted by Crippen LogP contribution is 2.36. The number of ether oxygens (including phenoxy) is 2. The number of hydrazine groups is 2. The molecule has 9 nitrogen and oxygen atoms in total. The normalized spacial score (nSPS) is 12.0. The largest absolute Gasteiger partial charge is 0.427 e. The molecule has 0 aliphatic carbocycles. The van der Waals surface area contributed by atoms with Gasteiger partial charge in [0.1, 0.15) is 11.5 Å². The molecule has 0 heterocycles. The van der Waals surface area contributed by atoms with E-state index >= 15 is 0 Å². The Morgan fingerprint density at radius 1 is 0.756 bits per heavy atom. The van der Waals surface area contributed by atoms with Gasteiger partial charge in [-0.15, -0.1) is 4.89 Å². The molecule has 3 N–H and O–H groups in total. The standard InChI is InChI=1S/C35H56N3O6P/c1-7-9-11-12-13-14-15-17-34(40)44-32-24-20-30(21-25-32)27-37(38(45(41)42)36-28(3)4)35(5,6)26-29-18-22-31(23-19-29)43-33(39)16-10-8-2/h18-25,28,36,41-42H,7-17,26-27H2,1-6H3. The van der Waals surface area contributed by atoms with Gasteiger partial charge >= 0.3 is 11.9 Å². The van der Waals surface area contributed by atoms with E-state index in [9.17, 15) is 19.4 Å². The van der Waals surface area contributed by atoms with Crippen LogP contribution in [0.4, 0.5) is 0 Å². The Bertz CT molecular complexity index is 1130. The number of carbonyl (C=O) groups excluding carboxylic acids is 2. The van der Waals surface area contributed by atoms with Crippen LogP contribution in [0.15, 0.2) is 48.5 Å². The van der Waals surface area contributed by atoms with Crippen LogP contribution in [0.5, 0.6) is 11.5 Å². The van der Waals surface area contributed by atoms with Gasteiger partial charge in [0.15, 0.2) is 0 Å². The lowest BCUT2D eigenvalue weighted by Crippen LogP contribution is -2.58. The summed E-state index contributed by atoms with van der Waals surface area (Å²) in [4.78, 5) is 46.7. The van der Waals surface area contributed by atoms with Gasteiger partial charge in [-0.3, -0.25) is 9.59 Å². The van der Waals surface area contributed by atoms with Crippen LogP contribution in [-0.4, -0.2) is 43.2 Å². The maximum Gasteiger partial charge on any atom is 0.311 e. The zero-order chi connectivity index (χ0) is 33.2. The van der Waals surface area contributed by atoms with Crippen molar-refractivity contribution in [1.29, 1.82) is 0 Å². The molecule has 0 amide bonds. The van der Waals surface area contributed by atoms with Gasteiger partial charge in [0.05, 0.1) is 0 Å². The van der Waals surface area contributed by atoms with Gasteiger partial charge in [-0.05, 0) is 82.3 Å². The molecule has 2 aromatic carbocycles. The molecule has 0 saturated carbocycles. The minimum atomic E-state index is -2.50. The van der Waals surface area contributed by atoms with E-state index in [1.54, 1.807) is 24.3 Å². The van der Waals surface area contributed by atoms with Crippen molar-refractivity contribution < 1.29 is 28.8 Å². The van der Waals surface area contributed by atoms with Crippen molar-refractivity contribution in [2.24, 2.45) is 0 Å². The zero-order valence-electron chi connectivity index (χ0n) is 28.3. The van der Waals surface area contributed by atoms with Crippen LogP contribution in [0.1, 0.15) is 123 Å². The lowest BCUT2D eigenvalue weighted by molar-refractivity contribution is -0.135. The first-order chi connectivity index (χ1) is 21.4. The third-order valence-corrected chi connectivity index (χ3v) is 8.14. The fourth-order valence-corrected chi connectivity index (χ4v) is 5.83. The summed E-state index contributed by atoms with van der Waals surface area (Å²) in [6.45, 7) is 12.6. The van der Waals surface area contributed by atoms with Crippen LogP contribution >= 0.6 is 8.53 Å².